The predicted octanol–water partition coefficient (Wildman–Crippen LogP) is -1.85. The first-order valence-corrected chi connectivity index (χ1v) is 10.8. The fraction of sp³-hybridized carbons (Fsp3) is 0.700. The molecule has 0 saturated carbocycles. The number of primary amides is 1. The number of rotatable bonds is 13. The maximum Gasteiger partial charge on any atom is 0.326 e. The van der Waals surface area contributed by atoms with Gasteiger partial charge in [-0.25, -0.2) is 4.79 Å². The average molecular weight is 472 g/mol. The second-order valence-electron chi connectivity index (χ2n) is 8.17. The van der Waals surface area contributed by atoms with E-state index in [0.717, 1.165) is 0 Å². The van der Waals surface area contributed by atoms with E-state index < -0.39 is 66.2 Å². The van der Waals surface area contributed by atoms with Crippen molar-refractivity contribution < 1.29 is 39.0 Å². The van der Waals surface area contributed by atoms with E-state index in [-0.39, 0.29) is 25.3 Å². The van der Waals surface area contributed by atoms with E-state index in [9.17, 15) is 33.9 Å². The third-order valence-electron chi connectivity index (χ3n) is 5.63. The van der Waals surface area contributed by atoms with Gasteiger partial charge in [0.25, 0.3) is 0 Å². The number of nitrogens with zero attached hydrogens (tertiary/aromatic N) is 1. The van der Waals surface area contributed by atoms with E-state index in [0.29, 0.717) is 19.3 Å². The topological polar surface area (TPSA) is 222 Å². The van der Waals surface area contributed by atoms with Crippen molar-refractivity contribution in [3.8, 4) is 0 Å². The summed E-state index contributed by atoms with van der Waals surface area (Å²) in [5.41, 5.74) is 10.8. The summed E-state index contributed by atoms with van der Waals surface area (Å²) in [6.45, 7) is 3.72. The van der Waals surface area contributed by atoms with Crippen LogP contribution in [0.1, 0.15) is 52.4 Å². The maximum atomic E-state index is 13.0. The molecule has 0 radical (unpaired) electrons. The smallest absolute Gasteiger partial charge is 0.326 e. The second kappa shape index (κ2) is 12.7. The highest BCUT2D eigenvalue weighted by atomic mass is 16.4. The molecule has 1 saturated heterocycles. The number of carboxylic acid groups (broad SMARTS) is 2. The molecule has 4 amide bonds. The molecule has 186 valence electrons. The number of amides is 4. The molecule has 5 unspecified atom stereocenters. The molecule has 0 aliphatic carbocycles. The maximum absolute atomic E-state index is 13.0. The third kappa shape index (κ3) is 8.33. The highest BCUT2D eigenvalue weighted by Gasteiger charge is 2.39. The summed E-state index contributed by atoms with van der Waals surface area (Å²) >= 11 is 0. The SMILES string of the molecule is CCC(C)C(NC(=O)C1CCCN1C(=O)C(N)CC(N)=O)C(=O)NC(CCC(=O)O)C(=O)O. The number of carbonyl (C=O) groups is 6. The molecule has 5 atom stereocenters. The summed E-state index contributed by atoms with van der Waals surface area (Å²) in [7, 11) is 0. The van der Waals surface area contributed by atoms with Crippen LogP contribution in [0.15, 0.2) is 0 Å². The first-order valence-electron chi connectivity index (χ1n) is 10.8. The van der Waals surface area contributed by atoms with Crippen LogP contribution in [-0.4, -0.2) is 81.4 Å². The minimum atomic E-state index is -1.44. The molecule has 13 nitrogen and oxygen atoms in total. The predicted molar refractivity (Wildman–Crippen MR) is 114 cm³/mol. The van der Waals surface area contributed by atoms with E-state index in [1.165, 1.54) is 4.90 Å². The van der Waals surface area contributed by atoms with Gasteiger partial charge in [0.05, 0.1) is 12.5 Å². The first-order chi connectivity index (χ1) is 15.4. The summed E-state index contributed by atoms with van der Waals surface area (Å²) in [4.78, 5) is 72.8. The Balaban J connectivity index is 2.94. The highest BCUT2D eigenvalue weighted by molar-refractivity contribution is 5.95. The number of hydrogen-bond acceptors (Lipinski definition) is 7. The molecule has 1 heterocycles. The van der Waals surface area contributed by atoms with Crippen LogP contribution in [-0.2, 0) is 28.8 Å². The number of likely N-dealkylation sites (tertiary alicyclic amines) is 1. The van der Waals surface area contributed by atoms with Gasteiger partial charge in [-0.1, -0.05) is 20.3 Å². The lowest BCUT2D eigenvalue weighted by Crippen LogP contribution is -2.58. The van der Waals surface area contributed by atoms with Gasteiger partial charge in [-0.15, -0.1) is 0 Å². The van der Waals surface area contributed by atoms with Crippen LogP contribution in [0, 0.1) is 5.92 Å². The van der Waals surface area contributed by atoms with Gasteiger partial charge >= 0.3 is 11.9 Å². The number of hydrogen-bond donors (Lipinski definition) is 6. The van der Waals surface area contributed by atoms with Gasteiger partial charge in [-0.05, 0) is 25.2 Å². The lowest BCUT2D eigenvalue weighted by atomic mass is 9.97. The Morgan fingerprint density at radius 1 is 1.12 bits per heavy atom. The van der Waals surface area contributed by atoms with Crippen LogP contribution < -0.4 is 22.1 Å². The Morgan fingerprint density at radius 3 is 2.27 bits per heavy atom. The third-order valence-corrected chi connectivity index (χ3v) is 5.63. The molecule has 1 rings (SSSR count). The fourth-order valence-electron chi connectivity index (χ4n) is 3.56. The van der Waals surface area contributed by atoms with Gasteiger partial charge in [-0.2, -0.15) is 0 Å². The summed E-state index contributed by atoms with van der Waals surface area (Å²) in [6.07, 6.45) is 0.175. The Morgan fingerprint density at radius 2 is 1.76 bits per heavy atom. The van der Waals surface area contributed by atoms with Gasteiger partial charge in [0, 0.05) is 13.0 Å². The fourth-order valence-corrected chi connectivity index (χ4v) is 3.56. The van der Waals surface area contributed by atoms with Crippen LogP contribution in [0.25, 0.3) is 0 Å². The molecule has 0 aromatic rings. The van der Waals surface area contributed by atoms with E-state index in [1.807, 2.05) is 0 Å². The summed E-state index contributed by atoms with van der Waals surface area (Å²) in [6, 6.07) is -4.63. The van der Waals surface area contributed by atoms with Gasteiger partial charge in [0.2, 0.25) is 23.6 Å². The van der Waals surface area contributed by atoms with Crippen molar-refractivity contribution in [1.29, 1.82) is 0 Å². The Hall–Kier alpha value is -3.22. The number of carboxylic acids is 2. The molecule has 0 spiro atoms. The molecule has 0 aromatic heterocycles. The van der Waals surface area contributed by atoms with Crippen molar-refractivity contribution in [3.05, 3.63) is 0 Å². The zero-order valence-corrected chi connectivity index (χ0v) is 18.8. The molecule has 33 heavy (non-hydrogen) atoms. The molecule has 0 aromatic carbocycles. The number of carbonyl (C=O) groups excluding carboxylic acids is 4. The molecule has 1 fully saturated rings. The van der Waals surface area contributed by atoms with Gasteiger partial charge in [0.1, 0.15) is 18.1 Å². The average Bonchev–Trinajstić information content (AvgIpc) is 3.22. The van der Waals surface area contributed by atoms with Gasteiger partial charge < -0.3 is 37.2 Å². The summed E-state index contributed by atoms with van der Waals surface area (Å²) in [5.74, 6) is -5.71. The normalized spacial score (nSPS) is 19.1. The van der Waals surface area contributed by atoms with Gasteiger partial charge in [0.15, 0.2) is 0 Å². The molecule has 1 aliphatic rings. The molecule has 0 bridgehead atoms. The number of aliphatic carboxylic acids is 2. The van der Waals surface area contributed by atoms with Crippen molar-refractivity contribution in [1.82, 2.24) is 15.5 Å². The van der Waals surface area contributed by atoms with Crippen LogP contribution >= 0.6 is 0 Å². The van der Waals surface area contributed by atoms with E-state index in [4.69, 9.17) is 16.6 Å². The molecular weight excluding hydrogens is 438 g/mol. The van der Waals surface area contributed by atoms with Crippen LogP contribution in [0.2, 0.25) is 0 Å². The monoisotopic (exact) mass is 471 g/mol. The largest absolute Gasteiger partial charge is 0.481 e. The summed E-state index contributed by atoms with van der Waals surface area (Å²) in [5, 5.41) is 23.0. The standard InChI is InChI=1S/C20H33N5O8/c1-3-10(2)16(18(30)23-12(20(32)33)6-7-15(27)28)24-17(29)13-5-4-8-25(13)19(31)11(21)9-14(22)26/h10-13,16H,3-9,21H2,1-2H3,(H2,22,26)(H,23,30)(H,24,29)(H,27,28)(H,32,33). The molecule has 13 heteroatoms. The van der Waals surface area contributed by atoms with Crippen molar-refractivity contribution in [3.63, 3.8) is 0 Å². The number of nitrogens with two attached hydrogens (primary N) is 2. The Labute approximate surface area is 191 Å². The van der Waals surface area contributed by atoms with Crippen molar-refractivity contribution in [2.75, 3.05) is 6.54 Å². The molecular formula is C20H33N5O8. The Bertz CT molecular complexity index is 774. The van der Waals surface area contributed by atoms with E-state index in [1.54, 1.807) is 13.8 Å². The zero-order valence-electron chi connectivity index (χ0n) is 18.8. The van der Waals surface area contributed by atoms with Crippen molar-refractivity contribution in [2.45, 2.75) is 76.5 Å². The van der Waals surface area contributed by atoms with Crippen molar-refractivity contribution >= 4 is 35.6 Å². The van der Waals surface area contributed by atoms with Crippen LogP contribution in [0.3, 0.4) is 0 Å². The number of nitrogens with one attached hydrogen (secondary N) is 2. The van der Waals surface area contributed by atoms with E-state index in [2.05, 4.69) is 10.6 Å². The minimum absolute atomic E-state index is 0.250. The molecule has 8 N–H and O–H groups in total. The van der Waals surface area contributed by atoms with Gasteiger partial charge in [-0.3, -0.25) is 24.0 Å². The Kier molecular flexibility index (Phi) is 10.7. The van der Waals surface area contributed by atoms with E-state index >= 15 is 0 Å². The molecule has 1 aliphatic heterocycles. The minimum Gasteiger partial charge on any atom is -0.481 e. The first kappa shape index (κ1) is 27.8. The van der Waals surface area contributed by atoms with Crippen LogP contribution in [0.5, 0.6) is 0 Å². The summed E-state index contributed by atoms with van der Waals surface area (Å²) < 4.78 is 0. The lowest BCUT2D eigenvalue weighted by Gasteiger charge is -2.30. The quantitative estimate of drug-likeness (QED) is 0.177. The van der Waals surface area contributed by atoms with Crippen molar-refractivity contribution in [2.24, 2.45) is 17.4 Å². The second-order valence-corrected chi connectivity index (χ2v) is 8.17. The highest BCUT2D eigenvalue weighted by Crippen LogP contribution is 2.20. The van der Waals surface area contributed by atoms with Crippen LogP contribution in [0.4, 0.5) is 0 Å². The lowest BCUT2D eigenvalue weighted by molar-refractivity contribution is -0.144. The zero-order chi connectivity index (χ0) is 25.3.